The molecule has 1 aromatic carbocycles. The van der Waals surface area contributed by atoms with Gasteiger partial charge in [-0.3, -0.25) is 4.79 Å². The maximum absolute atomic E-state index is 13.6. The van der Waals surface area contributed by atoms with Crippen LogP contribution in [0.4, 0.5) is 4.39 Å². The first-order chi connectivity index (χ1) is 8.96. The molecule has 1 heterocycles. The SMILES string of the molecule is COc1ccc([C@H](C)NC(=O)C2(C)COC2)cc1F. The second-order valence-corrected chi connectivity index (χ2v) is 5.14. The van der Waals surface area contributed by atoms with Crippen LogP contribution in [0.5, 0.6) is 5.75 Å². The van der Waals surface area contributed by atoms with E-state index in [1.165, 1.54) is 13.2 Å². The van der Waals surface area contributed by atoms with Crippen molar-refractivity contribution in [1.82, 2.24) is 5.32 Å². The van der Waals surface area contributed by atoms with Gasteiger partial charge in [0.2, 0.25) is 5.91 Å². The molecular weight excluding hydrogens is 249 g/mol. The lowest BCUT2D eigenvalue weighted by Gasteiger charge is -2.37. The van der Waals surface area contributed by atoms with E-state index in [9.17, 15) is 9.18 Å². The Kier molecular flexibility index (Phi) is 3.75. The van der Waals surface area contributed by atoms with Gasteiger partial charge in [0.25, 0.3) is 0 Å². The van der Waals surface area contributed by atoms with Crippen molar-refractivity contribution in [2.45, 2.75) is 19.9 Å². The fourth-order valence-corrected chi connectivity index (χ4v) is 1.95. The topological polar surface area (TPSA) is 47.6 Å². The van der Waals surface area contributed by atoms with Gasteiger partial charge in [0.15, 0.2) is 11.6 Å². The molecule has 1 atom stereocenters. The van der Waals surface area contributed by atoms with Crippen LogP contribution < -0.4 is 10.1 Å². The first kappa shape index (κ1) is 13.8. The van der Waals surface area contributed by atoms with Crippen molar-refractivity contribution in [3.05, 3.63) is 29.6 Å². The normalized spacial score (nSPS) is 18.3. The van der Waals surface area contributed by atoms with Crippen LogP contribution in [-0.4, -0.2) is 26.2 Å². The summed E-state index contributed by atoms with van der Waals surface area (Å²) in [6, 6.07) is 4.42. The van der Waals surface area contributed by atoms with Crippen molar-refractivity contribution < 1.29 is 18.7 Å². The van der Waals surface area contributed by atoms with Gasteiger partial charge in [-0.05, 0) is 31.5 Å². The van der Waals surface area contributed by atoms with Gasteiger partial charge in [-0.2, -0.15) is 0 Å². The molecule has 19 heavy (non-hydrogen) atoms. The molecule has 1 aromatic rings. The van der Waals surface area contributed by atoms with Gasteiger partial charge in [-0.1, -0.05) is 6.07 Å². The van der Waals surface area contributed by atoms with Gasteiger partial charge in [0.1, 0.15) is 0 Å². The molecule has 0 radical (unpaired) electrons. The van der Waals surface area contributed by atoms with Crippen LogP contribution in [0, 0.1) is 11.2 Å². The molecule has 4 nitrogen and oxygen atoms in total. The van der Waals surface area contributed by atoms with E-state index in [4.69, 9.17) is 9.47 Å². The Labute approximate surface area is 111 Å². The molecule has 1 fully saturated rings. The van der Waals surface area contributed by atoms with Crippen molar-refractivity contribution in [1.29, 1.82) is 0 Å². The third-order valence-corrected chi connectivity index (χ3v) is 3.41. The smallest absolute Gasteiger partial charge is 0.231 e. The molecule has 0 saturated carbocycles. The molecule has 0 bridgehead atoms. The van der Waals surface area contributed by atoms with Crippen LogP contribution in [-0.2, 0) is 9.53 Å². The average Bonchev–Trinajstić information content (AvgIpc) is 2.35. The van der Waals surface area contributed by atoms with Gasteiger partial charge in [0.05, 0.1) is 31.8 Å². The molecule has 1 saturated heterocycles. The maximum Gasteiger partial charge on any atom is 0.231 e. The van der Waals surface area contributed by atoms with E-state index >= 15 is 0 Å². The minimum atomic E-state index is -0.459. The van der Waals surface area contributed by atoms with Gasteiger partial charge < -0.3 is 14.8 Å². The molecule has 1 aliphatic heterocycles. The Bertz CT molecular complexity index is 486. The first-order valence-electron chi connectivity index (χ1n) is 6.18. The second-order valence-electron chi connectivity index (χ2n) is 5.14. The highest BCUT2D eigenvalue weighted by Crippen LogP contribution is 2.28. The fraction of sp³-hybridized carbons (Fsp3) is 0.500. The number of carbonyl (C=O) groups excluding carboxylic acids is 1. The van der Waals surface area contributed by atoms with Crippen LogP contribution in [0.1, 0.15) is 25.5 Å². The zero-order valence-corrected chi connectivity index (χ0v) is 11.3. The summed E-state index contributed by atoms with van der Waals surface area (Å²) >= 11 is 0. The van der Waals surface area contributed by atoms with E-state index in [1.54, 1.807) is 12.1 Å². The van der Waals surface area contributed by atoms with Crippen molar-refractivity contribution in [3.63, 3.8) is 0 Å². The zero-order chi connectivity index (χ0) is 14.0. The highest BCUT2D eigenvalue weighted by molar-refractivity contribution is 5.83. The predicted molar refractivity (Wildman–Crippen MR) is 68.4 cm³/mol. The van der Waals surface area contributed by atoms with Crippen LogP contribution in [0.2, 0.25) is 0 Å². The van der Waals surface area contributed by atoms with E-state index in [0.29, 0.717) is 18.8 Å². The summed E-state index contributed by atoms with van der Waals surface area (Å²) in [5, 5.41) is 2.88. The molecular formula is C14H18FNO3. The van der Waals surface area contributed by atoms with Gasteiger partial charge >= 0.3 is 0 Å². The number of hydrogen-bond donors (Lipinski definition) is 1. The van der Waals surface area contributed by atoms with Crippen molar-refractivity contribution in [2.75, 3.05) is 20.3 Å². The largest absolute Gasteiger partial charge is 0.494 e. The summed E-state index contributed by atoms with van der Waals surface area (Å²) < 4.78 is 23.5. The van der Waals surface area contributed by atoms with E-state index in [2.05, 4.69) is 5.32 Å². The number of nitrogens with one attached hydrogen (secondary N) is 1. The number of benzene rings is 1. The molecule has 104 valence electrons. The quantitative estimate of drug-likeness (QED) is 0.908. The minimum Gasteiger partial charge on any atom is -0.494 e. The molecule has 1 amide bonds. The van der Waals surface area contributed by atoms with Crippen LogP contribution in [0.25, 0.3) is 0 Å². The Morgan fingerprint density at radius 1 is 1.53 bits per heavy atom. The molecule has 0 spiro atoms. The van der Waals surface area contributed by atoms with E-state index < -0.39 is 11.2 Å². The fourth-order valence-electron chi connectivity index (χ4n) is 1.95. The number of rotatable bonds is 4. The Morgan fingerprint density at radius 3 is 2.68 bits per heavy atom. The third-order valence-electron chi connectivity index (χ3n) is 3.41. The summed E-state index contributed by atoms with van der Waals surface area (Å²) in [4.78, 5) is 12.0. The second kappa shape index (κ2) is 5.17. The standard InChI is InChI=1S/C14H18FNO3/c1-9(16-13(17)14(2)7-19-8-14)10-4-5-12(18-3)11(15)6-10/h4-6,9H,7-8H2,1-3H3,(H,16,17)/t9-/m0/s1. The maximum atomic E-state index is 13.6. The molecule has 0 aromatic heterocycles. The monoisotopic (exact) mass is 267 g/mol. The summed E-state index contributed by atoms with van der Waals surface area (Å²) in [6.07, 6.45) is 0. The van der Waals surface area contributed by atoms with Crippen LogP contribution in [0.15, 0.2) is 18.2 Å². The Hall–Kier alpha value is -1.62. The molecule has 1 aliphatic rings. The number of ether oxygens (including phenoxy) is 2. The van der Waals surface area contributed by atoms with Crippen LogP contribution in [0.3, 0.4) is 0 Å². The minimum absolute atomic E-state index is 0.0672. The molecule has 2 rings (SSSR count). The number of amides is 1. The van der Waals surface area contributed by atoms with Crippen molar-refractivity contribution >= 4 is 5.91 Å². The zero-order valence-electron chi connectivity index (χ0n) is 11.3. The predicted octanol–water partition coefficient (Wildman–Crippen LogP) is 2.05. The van der Waals surface area contributed by atoms with Crippen molar-refractivity contribution in [3.8, 4) is 5.75 Å². The summed E-state index contributed by atoms with van der Waals surface area (Å²) in [5.41, 5.74) is 0.245. The van der Waals surface area contributed by atoms with E-state index in [1.807, 2.05) is 13.8 Å². The van der Waals surface area contributed by atoms with Gasteiger partial charge in [-0.15, -0.1) is 0 Å². The van der Waals surface area contributed by atoms with Crippen LogP contribution >= 0.6 is 0 Å². The average molecular weight is 267 g/mol. The third kappa shape index (κ3) is 2.71. The number of hydrogen-bond acceptors (Lipinski definition) is 3. The number of carbonyl (C=O) groups is 1. The van der Waals surface area contributed by atoms with Gasteiger partial charge in [0, 0.05) is 0 Å². The molecule has 1 N–H and O–H groups in total. The number of methoxy groups -OCH3 is 1. The van der Waals surface area contributed by atoms with E-state index in [-0.39, 0.29) is 17.7 Å². The summed E-state index contributed by atoms with van der Waals surface area (Å²) in [6.45, 7) is 4.54. The van der Waals surface area contributed by atoms with Gasteiger partial charge in [-0.25, -0.2) is 4.39 Å². The number of halogens is 1. The Morgan fingerprint density at radius 2 is 2.21 bits per heavy atom. The molecule has 0 aliphatic carbocycles. The lowest BCUT2D eigenvalue weighted by molar-refractivity contribution is -0.158. The highest BCUT2D eigenvalue weighted by Gasteiger charge is 2.41. The van der Waals surface area contributed by atoms with E-state index in [0.717, 1.165) is 0 Å². The lowest BCUT2D eigenvalue weighted by atomic mass is 9.87. The molecule has 0 unspecified atom stereocenters. The highest BCUT2D eigenvalue weighted by atomic mass is 19.1. The summed E-state index contributed by atoms with van der Waals surface area (Å²) in [7, 11) is 1.42. The molecule has 5 heteroatoms. The van der Waals surface area contributed by atoms with Crippen molar-refractivity contribution in [2.24, 2.45) is 5.41 Å². The first-order valence-corrected chi connectivity index (χ1v) is 6.18. The summed E-state index contributed by atoms with van der Waals surface area (Å²) in [5.74, 6) is -0.302. The Balaban J connectivity index is 2.05. The lowest BCUT2D eigenvalue weighted by Crippen LogP contribution is -2.52.